The molecule has 0 unspecified atom stereocenters. The normalized spacial score (nSPS) is 10.5. The fourth-order valence-corrected chi connectivity index (χ4v) is 1.56. The van der Waals surface area contributed by atoms with Gasteiger partial charge in [-0.3, -0.25) is 0 Å². The van der Waals surface area contributed by atoms with Crippen molar-refractivity contribution >= 4 is 22.1 Å². The van der Waals surface area contributed by atoms with E-state index >= 15 is 0 Å². The molecule has 0 saturated carbocycles. The lowest BCUT2D eigenvalue weighted by Gasteiger charge is -1.84. The maximum absolute atomic E-state index is 12.7. The van der Waals surface area contributed by atoms with Crippen LogP contribution in [-0.2, 0) is 0 Å². The van der Waals surface area contributed by atoms with Gasteiger partial charge in [-0.2, -0.15) is 4.39 Å². The molecule has 10 heavy (non-hydrogen) atoms. The maximum atomic E-state index is 12.7. The fraction of sp³-hybridized carbons (Fsp3) is 0. The van der Waals surface area contributed by atoms with Gasteiger partial charge in [0.1, 0.15) is 0 Å². The Morgan fingerprint density at radius 1 is 1.30 bits per heavy atom. The van der Waals surface area contributed by atoms with Gasteiger partial charge in [0.15, 0.2) is 5.13 Å². The molecule has 49 valence electrons. The second-order valence-electron chi connectivity index (χ2n) is 2.02. The molecule has 0 aliphatic rings. The minimum atomic E-state index is -0.143. The lowest BCUT2D eigenvalue weighted by atomic mass is 10.2. The van der Waals surface area contributed by atoms with E-state index in [2.05, 4.69) is 5.38 Å². The van der Waals surface area contributed by atoms with Crippen molar-refractivity contribution in [3.05, 3.63) is 34.8 Å². The summed E-state index contributed by atoms with van der Waals surface area (Å²) in [6.07, 6.45) is 0. The van der Waals surface area contributed by atoms with Crippen molar-refractivity contribution in [2.75, 3.05) is 0 Å². The predicted octanol–water partition coefficient (Wildman–Crippen LogP) is 2.84. The molecule has 0 fully saturated rings. The standard InChI is InChI=1S/C8H4FS/c9-8-7-4-2-1-3-6(7)5-10-8/h1-4H. The Balaban J connectivity index is 2.93. The van der Waals surface area contributed by atoms with E-state index in [4.69, 9.17) is 0 Å². The van der Waals surface area contributed by atoms with Gasteiger partial charge in [0.2, 0.25) is 0 Å². The quantitative estimate of drug-likeness (QED) is 0.543. The van der Waals surface area contributed by atoms with Gasteiger partial charge in [-0.25, -0.2) is 0 Å². The van der Waals surface area contributed by atoms with E-state index in [9.17, 15) is 4.39 Å². The Hall–Kier alpha value is -0.890. The molecule has 2 aromatic rings. The summed E-state index contributed by atoms with van der Waals surface area (Å²) in [5.74, 6) is 0. The highest BCUT2D eigenvalue weighted by molar-refractivity contribution is 7.09. The molecule has 2 rings (SSSR count). The minimum Gasteiger partial charge on any atom is -0.194 e. The van der Waals surface area contributed by atoms with Gasteiger partial charge in [-0.1, -0.05) is 24.3 Å². The molecule has 2 heteroatoms. The summed E-state index contributed by atoms with van der Waals surface area (Å²) in [6, 6.07) is 7.32. The summed E-state index contributed by atoms with van der Waals surface area (Å²) in [7, 11) is 0. The largest absolute Gasteiger partial charge is 0.194 e. The van der Waals surface area contributed by atoms with Crippen molar-refractivity contribution < 1.29 is 4.39 Å². The summed E-state index contributed by atoms with van der Waals surface area (Å²) in [4.78, 5) is 0. The Labute approximate surface area is 61.9 Å². The first kappa shape index (κ1) is 5.86. The monoisotopic (exact) mass is 151 g/mol. The molecule has 0 spiro atoms. The minimum absolute atomic E-state index is 0.143. The molecule has 0 atom stereocenters. The van der Waals surface area contributed by atoms with Crippen LogP contribution in [0.25, 0.3) is 10.8 Å². The van der Waals surface area contributed by atoms with E-state index in [1.807, 2.05) is 18.2 Å². The van der Waals surface area contributed by atoms with Gasteiger partial charge in [-0.05, 0) is 0 Å². The number of hydrogen-bond donors (Lipinski definition) is 0. The number of halogens is 1. The molecule has 0 amide bonds. The topological polar surface area (TPSA) is 0 Å². The van der Waals surface area contributed by atoms with Crippen LogP contribution < -0.4 is 0 Å². The second-order valence-corrected chi connectivity index (χ2v) is 2.79. The van der Waals surface area contributed by atoms with E-state index < -0.39 is 0 Å². The summed E-state index contributed by atoms with van der Waals surface area (Å²) in [6.45, 7) is 0. The highest BCUT2D eigenvalue weighted by Crippen LogP contribution is 2.22. The number of thiophene rings is 1. The van der Waals surface area contributed by atoms with E-state index in [-0.39, 0.29) is 5.13 Å². The van der Waals surface area contributed by atoms with Gasteiger partial charge in [0.25, 0.3) is 0 Å². The third-order valence-electron chi connectivity index (χ3n) is 1.39. The zero-order chi connectivity index (χ0) is 6.97. The van der Waals surface area contributed by atoms with Crippen LogP contribution in [0.2, 0.25) is 0 Å². The van der Waals surface area contributed by atoms with Gasteiger partial charge in [0, 0.05) is 10.8 Å². The van der Waals surface area contributed by atoms with Crippen LogP contribution in [0, 0.1) is 10.5 Å². The first-order chi connectivity index (χ1) is 4.88. The fourth-order valence-electron chi connectivity index (χ4n) is 0.898. The summed E-state index contributed by atoms with van der Waals surface area (Å²) in [5, 5.41) is 4.25. The first-order valence-electron chi connectivity index (χ1n) is 2.92. The third-order valence-corrected chi connectivity index (χ3v) is 2.11. The lowest BCUT2D eigenvalue weighted by Crippen LogP contribution is -1.64. The Kier molecular flexibility index (Phi) is 1.21. The van der Waals surface area contributed by atoms with E-state index in [0.717, 1.165) is 16.7 Å². The molecule has 1 aromatic heterocycles. The van der Waals surface area contributed by atoms with Crippen LogP contribution >= 0.6 is 11.3 Å². The Bertz CT molecular complexity index is 351. The number of hydrogen-bond acceptors (Lipinski definition) is 1. The first-order valence-corrected chi connectivity index (χ1v) is 3.74. The SMILES string of the molecule is Fc1s[c]c2ccccc12. The smallest absolute Gasteiger partial charge is 0.184 e. The molecule has 0 nitrogen and oxygen atoms in total. The van der Waals surface area contributed by atoms with Crippen LogP contribution in [0.1, 0.15) is 0 Å². The highest BCUT2D eigenvalue weighted by atomic mass is 32.1. The highest BCUT2D eigenvalue weighted by Gasteiger charge is 1.99. The van der Waals surface area contributed by atoms with E-state index in [1.165, 1.54) is 0 Å². The average Bonchev–Trinajstić information content (AvgIpc) is 2.34. The van der Waals surface area contributed by atoms with Crippen LogP contribution in [0.5, 0.6) is 0 Å². The zero-order valence-electron chi connectivity index (χ0n) is 5.10. The number of rotatable bonds is 0. The molecule has 0 aliphatic carbocycles. The lowest BCUT2D eigenvalue weighted by molar-refractivity contribution is 0.668. The van der Waals surface area contributed by atoms with Crippen molar-refractivity contribution in [3.8, 4) is 0 Å². The summed E-state index contributed by atoms with van der Waals surface area (Å²) in [5.41, 5.74) is 0. The average molecular weight is 151 g/mol. The van der Waals surface area contributed by atoms with Crippen molar-refractivity contribution in [1.82, 2.24) is 0 Å². The molecule has 0 aliphatic heterocycles. The summed E-state index contributed by atoms with van der Waals surface area (Å²) >= 11 is 1.03. The van der Waals surface area contributed by atoms with Crippen molar-refractivity contribution in [2.24, 2.45) is 0 Å². The van der Waals surface area contributed by atoms with E-state index in [0.29, 0.717) is 5.39 Å². The molecular weight excluding hydrogens is 147 g/mol. The van der Waals surface area contributed by atoms with Gasteiger partial charge >= 0.3 is 0 Å². The van der Waals surface area contributed by atoms with Crippen molar-refractivity contribution in [3.63, 3.8) is 0 Å². The maximum Gasteiger partial charge on any atom is 0.184 e. The Morgan fingerprint density at radius 2 is 2.10 bits per heavy atom. The number of benzene rings is 1. The summed E-state index contributed by atoms with van der Waals surface area (Å²) < 4.78 is 12.7. The number of fused-ring (bicyclic) bond motifs is 1. The predicted molar refractivity (Wildman–Crippen MR) is 40.6 cm³/mol. The molecule has 1 aromatic carbocycles. The zero-order valence-corrected chi connectivity index (χ0v) is 5.91. The molecule has 1 radical (unpaired) electrons. The molecule has 0 N–H and O–H groups in total. The van der Waals surface area contributed by atoms with Crippen LogP contribution in [-0.4, -0.2) is 0 Å². The molecule has 0 saturated heterocycles. The van der Waals surface area contributed by atoms with Crippen LogP contribution in [0.3, 0.4) is 0 Å². The van der Waals surface area contributed by atoms with Crippen LogP contribution in [0.15, 0.2) is 24.3 Å². The Morgan fingerprint density at radius 3 is 2.90 bits per heavy atom. The van der Waals surface area contributed by atoms with Gasteiger partial charge < -0.3 is 0 Å². The molecular formula is C8H4FS. The third kappa shape index (κ3) is 0.727. The second kappa shape index (κ2) is 2.06. The molecule has 1 heterocycles. The van der Waals surface area contributed by atoms with Crippen LogP contribution in [0.4, 0.5) is 4.39 Å². The molecule has 0 bridgehead atoms. The van der Waals surface area contributed by atoms with E-state index in [1.54, 1.807) is 6.07 Å². The van der Waals surface area contributed by atoms with Gasteiger partial charge in [-0.15, -0.1) is 11.3 Å². The van der Waals surface area contributed by atoms with Crippen molar-refractivity contribution in [2.45, 2.75) is 0 Å². The van der Waals surface area contributed by atoms with Gasteiger partial charge in [0.05, 0.1) is 5.38 Å². The van der Waals surface area contributed by atoms with Crippen molar-refractivity contribution in [1.29, 1.82) is 0 Å².